The maximum Gasteiger partial charge on any atom is 0.229 e. The Morgan fingerprint density at radius 1 is 0.815 bits per heavy atom. The fourth-order valence-electron chi connectivity index (χ4n) is 1.89. The van der Waals surface area contributed by atoms with Gasteiger partial charge < -0.3 is 5.73 Å². The van der Waals surface area contributed by atoms with Crippen molar-refractivity contribution < 1.29 is 16.8 Å². The first-order valence-electron chi connectivity index (χ1n) is 8.02. The van der Waals surface area contributed by atoms with Crippen molar-refractivity contribution in [3.8, 4) is 0 Å². The topological polar surface area (TPSA) is 106 Å². The average molecular weight is 435 g/mol. The van der Waals surface area contributed by atoms with E-state index in [0.29, 0.717) is 0 Å². The van der Waals surface area contributed by atoms with Crippen LogP contribution in [0.15, 0.2) is 60.7 Å². The summed E-state index contributed by atoms with van der Waals surface area (Å²) in [6.45, 7) is 3.80. The number of nitrogens with one attached hydrogen (secondary N) is 1. The Hall–Kier alpha value is -1.45. The third kappa shape index (κ3) is 16.4. The number of benzene rings is 2. The van der Waals surface area contributed by atoms with E-state index < -0.39 is 19.1 Å². The van der Waals surface area contributed by atoms with E-state index in [9.17, 15) is 16.8 Å². The Morgan fingerprint density at radius 2 is 1.15 bits per heavy atom. The molecular formula is C18H27ClN2O4S2. The van der Waals surface area contributed by atoms with Crippen LogP contribution < -0.4 is 10.5 Å². The van der Waals surface area contributed by atoms with E-state index in [2.05, 4.69) is 15.4 Å². The molecule has 0 aliphatic rings. The Labute approximate surface area is 167 Å². The third-order valence-electron chi connectivity index (χ3n) is 3.02. The first-order valence-corrected chi connectivity index (χ1v) is 12.6. The van der Waals surface area contributed by atoms with E-state index in [-0.39, 0.29) is 12.1 Å². The van der Waals surface area contributed by atoms with Gasteiger partial charge in [0, 0.05) is 22.8 Å². The number of halogens is 1. The molecule has 0 amide bonds. The van der Waals surface area contributed by atoms with Gasteiger partial charge in [-0.25, -0.2) is 21.6 Å². The molecular weight excluding hydrogens is 408 g/mol. The predicted octanol–water partition coefficient (Wildman–Crippen LogP) is 3.19. The zero-order valence-corrected chi connectivity index (χ0v) is 18.2. The third-order valence-corrected chi connectivity index (χ3v) is 3.80. The van der Waals surface area contributed by atoms with Gasteiger partial charge in [0.25, 0.3) is 0 Å². The van der Waals surface area contributed by atoms with Crippen LogP contribution in [0.1, 0.15) is 37.1 Å². The smallest absolute Gasteiger partial charge is 0.229 e. The highest BCUT2D eigenvalue weighted by atomic mass is 35.7. The summed E-state index contributed by atoms with van der Waals surface area (Å²) in [5.74, 6) is 0. The largest absolute Gasteiger partial charge is 0.324 e. The van der Waals surface area contributed by atoms with Crippen molar-refractivity contribution >= 4 is 29.8 Å². The minimum atomic E-state index is -3.19. The van der Waals surface area contributed by atoms with Gasteiger partial charge in [0.05, 0.1) is 12.5 Å². The Balaban J connectivity index is 0.000000419. The summed E-state index contributed by atoms with van der Waals surface area (Å²) in [7, 11) is -1.81. The van der Waals surface area contributed by atoms with E-state index in [0.717, 1.165) is 18.1 Å². The van der Waals surface area contributed by atoms with Gasteiger partial charge in [-0.15, -0.1) is 0 Å². The SMILES string of the molecule is CS(=O)(=O)Cl.C[C@@H](N)c1ccccc1.C[C@@H](NS(C)(=O)=O)c1ccccc1. The molecule has 6 nitrogen and oxygen atoms in total. The highest BCUT2D eigenvalue weighted by molar-refractivity contribution is 8.13. The van der Waals surface area contributed by atoms with E-state index >= 15 is 0 Å². The molecule has 0 unspecified atom stereocenters. The van der Waals surface area contributed by atoms with Crippen molar-refractivity contribution in [1.29, 1.82) is 0 Å². The number of hydrogen-bond acceptors (Lipinski definition) is 5. The second-order valence-electron chi connectivity index (χ2n) is 5.90. The fraction of sp³-hybridized carbons (Fsp3) is 0.333. The molecule has 0 spiro atoms. The summed E-state index contributed by atoms with van der Waals surface area (Å²) >= 11 is 0. The molecule has 0 aromatic heterocycles. The van der Waals surface area contributed by atoms with Gasteiger partial charge in [-0.1, -0.05) is 60.7 Å². The summed E-state index contributed by atoms with van der Waals surface area (Å²) in [4.78, 5) is 0. The summed E-state index contributed by atoms with van der Waals surface area (Å²) in [5.41, 5.74) is 7.77. The van der Waals surface area contributed by atoms with Crippen LogP contribution in [0.25, 0.3) is 0 Å². The zero-order valence-electron chi connectivity index (χ0n) is 15.8. The van der Waals surface area contributed by atoms with E-state index in [1.54, 1.807) is 0 Å². The molecule has 0 saturated heterocycles. The molecule has 27 heavy (non-hydrogen) atoms. The summed E-state index contributed by atoms with van der Waals surface area (Å²) < 4.78 is 43.1. The van der Waals surface area contributed by atoms with Gasteiger partial charge in [-0.3, -0.25) is 0 Å². The Morgan fingerprint density at radius 3 is 1.41 bits per heavy atom. The molecule has 2 aromatic carbocycles. The van der Waals surface area contributed by atoms with Gasteiger partial charge in [-0.05, 0) is 25.0 Å². The number of hydrogen-bond donors (Lipinski definition) is 2. The molecule has 2 atom stereocenters. The number of rotatable bonds is 4. The van der Waals surface area contributed by atoms with Crippen molar-refractivity contribution in [3.05, 3.63) is 71.8 Å². The van der Waals surface area contributed by atoms with Gasteiger partial charge >= 0.3 is 0 Å². The van der Waals surface area contributed by atoms with Crippen molar-refractivity contribution in [2.45, 2.75) is 25.9 Å². The molecule has 3 N–H and O–H groups in total. The van der Waals surface area contributed by atoms with Crippen molar-refractivity contribution in [3.63, 3.8) is 0 Å². The average Bonchev–Trinajstić information content (AvgIpc) is 2.54. The van der Waals surface area contributed by atoms with Gasteiger partial charge in [0.15, 0.2) is 0 Å². The molecule has 0 aliphatic heterocycles. The van der Waals surface area contributed by atoms with Gasteiger partial charge in [0.2, 0.25) is 19.1 Å². The van der Waals surface area contributed by atoms with E-state index in [1.165, 1.54) is 5.56 Å². The maximum atomic E-state index is 10.9. The number of sulfonamides is 1. The van der Waals surface area contributed by atoms with Crippen LogP contribution in [-0.4, -0.2) is 29.3 Å². The molecule has 0 radical (unpaired) electrons. The van der Waals surface area contributed by atoms with E-state index in [1.807, 2.05) is 74.5 Å². The lowest BCUT2D eigenvalue weighted by Gasteiger charge is -2.11. The lowest BCUT2D eigenvalue weighted by molar-refractivity contribution is 0.573. The van der Waals surface area contributed by atoms with Crippen molar-refractivity contribution in [2.75, 3.05) is 12.5 Å². The lowest BCUT2D eigenvalue weighted by Crippen LogP contribution is -2.25. The Bertz CT molecular complexity index is 849. The van der Waals surface area contributed by atoms with Crippen LogP contribution in [0.5, 0.6) is 0 Å². The minimum Gasteiger partial charge on any atom is -0.324 e. The van der Waals surface area contributed by atoms with Crippen molar-refractivity contribution in [1.82, 2.24) is 4.72 Å². The molecule has 2 rings (SSSR count). The molecule has 0 aliphatic carbocycles. The van der Waals surface area contributed by atoms with Crippen molar-refractivity contribution in [2.24, 2.45) is 5.73 Å². The van der Waals surface area contributed by atoms with Crippen LogP contribution in [0, 0.1) is 0 Å². The highest BCUT2D eigenvalue weighted by Gasteiger charge is 2.09. The minimum absolute atomic E-state index is 0.159. The highest BCUT2D eigenvalue weighted by Crippen LogP contribution is 2.11. The van der Waals surface area contributed by atoms with Crippen LogP contribution in [-0.2, 0) is 19.1 Å². The van der Waals surface area contributed by atoms with Crippen LogP contribution in [0.4, 0.5) is 0 Å². The molecule has 2 aromatic rings. The normalized spacial score (nSPS) is 13.3. The quantitative estimate of drug-likeness (QED) is 0.718. The predicted molar refractivity (Wildman–Crippen MR) is 113 cm³/mol. The molecule has 0 bridgehead atoms. The van der Waals surface area contributed by atoms with E-state index in [4.69, 9.17) is 5.73 Å². The van der Waals surface area contributed by atoms with Crippen LogP contribution >= 0.6 is 10.7 Å². The molecule has 152 valence electrons. The van der Waals surface area contributed by atoms with Gasteiger partial charge in [0.1, 0.15) is 0 Å². The standard InChI is InChI=1S/C9H13NO2S.C8H11N.CH3ClO2S/c1-8(10-13(2,11)12)9-6-4-3-5-7-9;1-7(9)8-5-3-2-4-6-8;1-5(2,3)4/h3-8,10H,1-2H3;2-7H,9H2,1H3;1H3/t8-;7-;/m11./s1. The summed E-state index contributed by atoms with van der Waals surface area (Å²) in [6.07, 6.45) is 2.08. The zero-order chi connectivity index (χ0) is 21.1. The second-order valence-corrected chi connectivity index (χ2v) is 10.7. The number of nitrogens with two attached hydrogens (primary N) is 1. The first kappa shape index (κ1) is 25.6. The lowest BCUT2D eigenvalue weighted by atomic mass is 10.1. The Kier molecular flexibility index (Phi) is 11.4. The first-order chi connectivity index (χ1) is 12.3. The van der Waals surface area contributed by atoms with Gasteiger partial charge in [-0.2, -0.15) is 0 Å². The fourth-order valence-corrected chi connectivity index (χ4v) is 2.67. The summed E-state index contributed by atoms with van der Waals surface area (Å²) in [5, 5.41) is 0. The monoisotopic (exact) mass is 434 g/mol. The summed E-state index contributed by atoms with van der Waals surface area (Å²) in [6, 6.07) is 19.5. The second kappa shape index (κ2) is 12.1. The maximum absolute atomic E-state index is 10.9. The van der Waals surface area contributed by atoms with Crippen LogP contribution in [0.2, 0.25) is 0 Å². The molecule has 0 heterocycles. The molecule has 0 fully saturated rings. The molecule has 0 saturated carbocycles. The van der Waals surface area contributed by atoms with Crippen LogP contribution in [0.3, 0.4) is 0 Å². The molecule has 9 heteroatoms.